The maximum Gasteiger partial charge on any atom is 0.339 e. The van der Waals surface area contributed by atoms with Gasteiger partial charge >= 0.3 is 5.97 Å². The van der Waals surface area contributed by atoms with Gasteiger partial charge in [-0.2, -0.15) is 0 Å². The number of ketones is 1. The number of pyridine rings is 1. The van der Waals surface area contributed by atoms with Gasteiger partial charge in [-0.1, -0.05) is 70.9 Å². The number of esters is 1. The number of amides is 2. The van der Waals surface area contributed by atoms with Crippen molar-refractivity contribution in [3.63, 3.8) is 0 Å². The highest BCUT2D eigenvalue weighted by molar-refractivity contribution is 9.10. The van der Waals surface area contributed by atoms with Crippen molar-refractivity contribution in [2.75, 3.05) is 4.90 Å². The first kappa shape index (κ1) is 29.4. The fraction of sp³-hybridized carbons (Fsp3) is 0.114. The Kier molecular flexibility index (Phi) is 7.88. The lowest BCUT2D eigenvalue weighted by atomic mass is 10.00. The molecule has 2 heterocycles. The van der Waals surface area contributed by atoms with E-state index in [2.05, 4.69) is 15.9 Å². The summed E-state index contributed by atoms with van der Waals surface area (Å²) in [5.74, 6) is -1.82. The zero-order chi connectivity index (χ0) is 31.1. The number of hydrogen-bond acceptors (Lipinski definition) is 6. The van der Waals surface area contributed by atoms with Crippen molar-refractivity contribution in [2.24, 2.45) is 0 Å². The molecule has 0 saturated carbocycles. The molecule has 218 valence electrons. The molecule has 1 aliphatic rings. The summed E-state index contributed by atoms with van der Waals surface area (Å²) in [5.41, 5.74) is 4.42. The number of rotatable bonds is 7. The number of carbonyl (C=O) groups is 4. The van der Waals surface area contributed by atoms with Crippen LogP contribution in [0, 0.1) is 0 Å². The summed E-state index contributed by atoms with van der Waals surface area (Å²) >= 11 is 9.59. The fourth-order valence-corrected chi connectivity index (χ4v) is 6.00. The number of nitrogens with zero attached hydrogens (tertiary/aromatic N) is 2. The predicted octanol–water partition coefficient (Wildman–Crippen LogP) is 8.11. The van der Waals surface area contributed by atoms with Crippen LogP contribution in [0.3, 0.4) is 0 Å². The average molecular weight is 668 g/mol. The van der Waals surface area contributed by atoms with Crippen molar-refractivity contribution < 1.29 is 23.9 Å². The number of aromatic nitrogens is 1. The van der Waals surface area contributed by atoms with Gasteiger partial charge in [-0.25, -0.2) is 14.7 Å². The Labute approximate surface area is 266 Å². The van der Waals surface area contributed by atoms with Crippen molar-refractivity contribution in [2.45, 2.75) is 26.4 Å². The van der Waals surface area contributed by atoms with Gasteiger partial charge < -0.3 is 4.74 Å². The molecule has 1 aromatic heterocycles. The minimum absolute atomic E-state index is 0.246. The predicted molar refractivity (Wildman–Crippen MR) is 172 cm³/mol. The van der Waals surface area contributed by atoms with Crippen LogP contribution in [0.2, 0.25) is 5.02 Å². The average Bonchev–Trinajstić information content (AvgIpc) is 3.28. The standard InChI is InChI=1S/C35H24BrClN2O5/c1-3-20-15-23(36)17-28-29(35(43)44-19(2)32(40)22-7-6-8-24(37)16-22)18-30(38-31(20)28)21-11-13-25(14-12-21)39-33(41)26-9-4-5-10-27(26)34(39)42/h4-19H,3H2,1-2H3. The largest absolute Gasteiger partial charge is 0.451 e. The number of aryl methyl sites for hydroxylation is 1. The Morgan fingerprint density at radius 1 is 0.909 bits per heavy atom. The summed E-state index contributed by atoms with van der Waals surface area (Å²) in [7, 11) is 0. The summed E-state index contributed by atoms with van der Waals surface area (Å²) in [6, 6.07) is 25.4. The zero-order valence-electron chi connectivity index (χ0n) is 23.6. The van der Waals surface area contributed by atoms with Crippen LogP contribution in [0.5, 0.6) is 0 Å². The topological polar surface area (TPSA) is 93.6 Å². The molecular formula is C35H24BrClN2O5. The van der Waals surface area contributed by atoms with E-state index in [9.17, 15) is 19.2 Å². The Morgan fingerprint density at radius 2 is 1.59 bits per heavy atom. The number of Topliss-reactive ketones (excluding diaryl/α,β-unsaturated/α-hetero) is 1. The van der Waals surface area contributed by atoms with Crippen LogP contribution in [-0.4, -0.2) is 34.7 Å². The van der Waals surface area contributed by atoms with Gasteiger partial charge in [0.2, 0.25) is 5.78 Å². The van der Waals surface area contributed by atoms with E-state index in [-0.39, 0.29) is 23.2 Å². The quantitative estimate of drug-likeness (QED) is 0.0989. The van der Waals surface area contributed by atoms with Crippen LogP contribution in [0.4, 0.5) is 5.69 Å². The normalized spacial score (nSPS) is 13.2. The number of fused-ring (bicyclic) bond motifs is 2. The van der Waals surface area contributed by atoms with Crippen molar-refractivity contribution >= 4 is 67.7 Å². The third-order valence-electron chi connectivity index (χ3n) is 7.54. The van der Waals surface area contributed by atoms with Crippen LogP contribution in [0.15, 0.2) is 95.5 Å². The van der Waals surface area contributed by atoms with Crippen molar-refractivity contribution in [1.82, 2.24) is 4.98 Å². The van der Waals surface area contributed by atoms with Crippen LogP contribution >= 0.6 is 27.5 Å². The Bertz CT molecular complexity index is 1970. The highest BCUT2D eigenvalue weighted by Crippen LogP contribution is 2.33. The lowest BCUT2D eigenvalue weighted by Crippen LogP contribution is -2.29. The monoisotopic (exact) mass is 666 g/mol. The second kappa shape index (κ2) is 11.8. The Hall–Kier alpha value is -4.66. The summed E-state index contributed by atoms with van der Waals surface area (Å²) in [6.45, 7) is 3.52. The first-order valence-electron chi connectivity index (χ1n) is 13.9. The second-order valence-electron chi connectivity index (χ2n) is 10.3. The van der Waals surface area contributed by atoms with E-state index >= 15 is 0 Å². The number of ether oxygens (including phenoxy) is 1. The molecule has 0 N–H and O–H groups in total. The van der Waals surface area contributed by atoms with E-state index in [4.69, 9.17) is 21.3 Å². The van der Waals surface area contributed by atoms with Crippen molar-refractivity contribution in [3.05, 3.63) is 128 Å². The first-order chi connectivity index (χ1) is 21.2. The van der Waals surface area contributed by atoms with Gasteiger partial charge in [0, 0.05) is 26.0 Å². The second-order valence-corrected chi connectivity index (χ2v) is 11.7. The smallest absolute Gasteiger partial charge is 0.339 e. The molecule has 0 bridgehead atoms. The molecule has 0 saturated heterocycles. The van der Waals surface area contributed by atoms with Crippen LogP contribution in [-0.2, 0) is 11.2 Å². The van der Waals surface area contributed by atoms with E-state index in [1.165, 1.54) is 13.0 Å². The maximum atomic E-state index is 13.6. The summed E-state index contributed by atoms with van der Waals surface area (Å²) in [5, 5.41) is 0.986. The minimum Gasteiger partial charge on any atom is -0.451 e. The highest BCUT2D eigenvalue weighted by Gasteiger charge is 2.36. The first-order valence-corrected chi connectivity index (χ1v) is 15.1. The van der Waals surface area contributed by atoms with E-state index in [0.717, 1.165) is 14.9 Å². The molecule has 5 aromatic rings. The molecule has 0 spiro atoms. The van der Waals surface area contributed by atoms with Crippen molar-refractivity contribution in [3.8, 4) is 11.3 Å². The maximum absolute atomic E-state index is 13.6. The van der Waals surface area contributed by atoms with E-state index in [1.54, 1.807) is 78.9 Å². The number of carbonyl (C=O) groups excluding carboxylic acids is 4. The SMILES string of the molecule is CCc1cc(Br)cc2c(C(=O)OC(C)C(=O)c3cccc(Cl)c3)cc(-c3ccc(N4C(=O)c5ccccc5C4=O)cc3)nc12. The molecule has 44 heavy (non-hydrogen) atoms. The molecule has 9 heteroatoms. The summed E-state index contributed by atoms with van der Waals surface area (Å²) in [4.78, 5) is 58.7. The molecule has 0 radical (unpaired) electrons. The number of hydrogen-bond donors (Lipinski definition) is 0. The van der Waals surface area contributed by atoms with E-state index in [0.29, 0.717) is 56.0 Å². The van der Waals surface area contributed by atoms with Gasteiger partial charge in [0.1, 0.15) is 0 Å². The summed E-state index contributed by atoms with van der Waals surface area (Å²) in [6.07, 6.45) is -0.409. The molecule has 4 aromatic carbocycles. The Balaban J connectivity index is 1.36. The molecule has 7 nitrogen and oxygen atoms in total. The molecule has 1 aliphatic heterocycles. The molecule has 1 unspecified atom stereocenters. The molecule has 1 atom stereocenters. The van der Waals surface area contributed by atoms with E-state index in [1.807, 2.05) is 13.0 Å². The highest BCUT2D eigenvalue weighted by atomic mass is 79.9. The van der Waals surface area contributed by atoms with Gasteiger partial charge in [0.15, 0.2) is 6.10 Å². The zero-order valence-corrected chi connectivity index (χ0v) is 26.0. The van der Waals surface area contributed by atoms with Crippen LogP contribution < -0.4 is 4.90 Å². The van der Waals surface area contributed by atoms with Crippen LogP contribution in [0.25, 0.3) is 22.2 Å². The van der Waals surface area contributed by atoms with Gasteiger partial charge in [0.25, 0.3) is 11.8 Å². The lowest BCUT2D eigenvalue weighted by molar-refractivity contribution is 0.0320. The van der Waals surface area contributed by atoms with E-state index < -0.39 is 12.1 Å². The van der Waals surface area contributed by atoms with Gasteiger partial charge in [-0.3, -0.25) is 14.4 Å². The number of benzene rings is 4. The molecule has 2 amide bonds. The summed E-state index contributed by atoms with van der Waals surface area (Å²) < 4.78 is 6.47. The molecular weight excluding hydrogens is 644 g/mol. The fourth-order valence-electron chi connectivity index (χ4n) is 5.31. The molecule has 6 rings (SSSR count). The number of anilines is 1. The van der Waals surface area contributed by atoms with Crippen molar-refractivity contribution in [1.29, 1.82) is 0 Å². The third kappa shape index (κ3) is 5.31. The van der Waals surface area contributed by atoms with Crippen LogP contribution in [0.1, 0.15) is 60.8 Å². The molecule has 0 aliphatic carbocycles. The third-order valence-corrected chi connectivity index (χ3v) is 8.23. The van der Waals surface area contributed by atoms with Gasteiger partial charge in [-0.05, 0) is 73.5 Å². The number of halogens is 2. The van der Waals surface area contributed by atoms with Gasteiger partial charge in [-0.15, -0.1) is 0 Å². The molecule has 0 fully saturated rings. The number of imide groups is 1. The Morgan fingerprint density at radius 3 is 2.23 bits per heavy atom. The lowest BCUT2D eigenvalue weighted by Gasteiger charge is -2.17. The van der Waals surface area contributed by atoms with Gasteiger partial charge in [0.05, 0.1) is 33.6 Å². The minimum atomic E-state index is -1.07.